The first-order valence-corrected chi connectivity index (χ1v) is 9.16. The Morgan fingerprint density at radius 3 is 2.93 bits per heavy atom. The summed E-state index contributed by atoms with van der Waals surface area (Å²) in [6.07, 6.45) is 2.50. The van der Waals surface area contributed by atoms with Gasteiger partial charge in [-0.1, -0.05) is 18.2 Å². The second-order valence-corrected chi connectivity index (χ2v) is 7.29. The summed E-state index contributed by atoms with van der Waals surface area (Å²) in [6, 6.07) is 14.2. The number of aromatic nitrogens is 3. The van der Waals surface area contributed by atoms with Gasteiger partial charge in [0.25, 0.3) is 0 Å². The van der Waals surface area contributed by atoms with E-state index in [1.807, 2.05) is 31.2 Å². The number of phenolic OH excluding ortho intramolecular Hbond substituents is 1. The van der Waals surface area contributed by atoms with Crippen molar-refractivity contribution in [1.82, 2.24) is 19.9 Å². The topological polar surface area (TPSA) is 82.4 Å². The van der Waals surface area contributed by atoms with E-state index in [0.717, 1.165) is 28.6 Å². The normalized spacial score (nSPS) is 14.3. The van der Waals surface area contributed by atoms with Gasteiger partial charge in [-0.2, -0.15) is 5.10 Å². The molecule has 0 saturated heterocycles. The van der Waals surface area contributed by atoms with Crippen molar-refractivity contribution < 1.29 is 5.11 Å². The van der Waals surface area contributed by atoms with Gasteiger partial charge in [-0.15, -0.1) is 0 Å². The van der Waals surface area contributed by atoms with Gasteiger partial charge in [0, 0.05) is 23.5 Å². The van der Waals surface area contributed by atoms with E-state index >= 15 is 0 Å². The second-order valence-electron chi connectivity index (χ2n) is 7.29. The molecule has 0 spiro atoms. The first-order chi connectivity index (χ1) is 13.1. The van der Waals surface area contributed by atoms with Gasteiger partial charge in [0.2, 0.25) is 0 Å². The monoisotopic (exact) mass is 360 g/mol. The molecule has 1 fully saturated rings. The van der Waals surface area contributed by atoms with Gasteiger partial charge >= 0.3 is 5.69 Å². The summed E-state index contributed by atoms with van der Waals surface area (Å²) in [5, 5.41) is 21.6. The molecule has 5 rings (SSSR count). The fraction of sp³-hybridized carbons (Fsp3) is 0.238. The number of fused-ring (bicyclic) bond motifs is 3. The maximum Gasteiger partial charge on any atom is 0.348 e. The molecule has 0 radical (unpaired) electrons. The third kappa shape index (κ3) is 2.78. The molecule has 6 heteroatoms. The highest BCUT2D eigenvalue weighted by Gasteiger charge is 2.20. The molecule has 3 N–H and O–H groups in total. The Hall–Kier alpha value is -3.12. The van der Waals surface area contributed by atoms with E-state index in [-0.39, 0.29) is 11.4 Å². The molecule has 27 heavy (non-hydrogen) atoms. The summed E-state index contributed by atoms with van der Waals surface area (Å²) in [5.74, 6) is 0.203. The zero-order chi connectivity index (χ0) is 18.5. The molecular weight excluding hydrogens is 340 g/mol. The summed E-state index contributed by atoms with van der Waals surface area (Å²) in [4.78, 5) is 12.2. The molecule has 6 nitrogen and oxygen atoms in total. The van der Waals surface area contributed by atoms with Crippen LogP contribution >= 0.6 is 0 Å². The predicted molar refractivity (Wildman–Crippen MR) is 105 cm³/mol. The lowest BCUT2D eigenvalue weighted by atomic mass is 9.99. The fourth-order valence-electron chi connectivity index (χ4n) is 3.62. The van der Waals surface area contributed by atoms with Crippen molar-refractivity contribution in [2.45, 2.75) is 32.4 Å². The lowest BCUT2D eigenvalue weighted by Crippen LogP contribution is -2.15. The van der Waals surface area contributed by atoms with Crippen LogP contribution in [0, 0.1) is 6.92 Å². The van der Waals surface area contributed by atoms with Gasteiger partial charge in [-0.25, -0.2) is 14.3 Å². The molecule has 136 valence electrons. The molecule has 0 bridgehead atoms. The van der Waals surface area contributed by atoms with Crippen LogP contribution in [0.3, 0.4) is 0 Å². The first-order valence-electron chi connectivity index (χ1n) is 9.16. The van der Waals surface area contributed by atoms with Crippen LogP contribution in [-0.2, 0) is 6.54 Å². The van der Waals surface area contributed by atoms with Crippen molar-refractivity contribution in [2.24, 2.45) is 0 Å². The molecule has 0 unspecified atom stereocenters. The Bertz CT molecular complexity index is 1230. The Morgan fingerprint density at radius 2 is 2.11 bits per heavy atom. The minimum absolute atomic E-state index is 0.203. The number of H-pyrrole nitrogens is 1. The van der Waals surface area contributed by atoms with Gasteiger partial charge < -0.3 is 10.4 Å². The summed E-state index contributed by atoms with van der Waals surface area (Å²) in [5.41, 5.74) is 4.79. The van der Waals surface area contributed by atoms with Crippen LogP contribution in [0.4, 0.5) is 0 Å². The van der Waals surface area contributed by atoms with E-state index in [9.17, 15) is 9.90 Å². The summed E-state index contributed by atoms with van der Waals surface area (Å²) >= 11 is 0. The molecule has 0 aliphatic heterocycles. The van der Waals surface area contributed by atoms with Crippen molar-refractivity contribution in [1.29, 1.82) is 0 Å². The van der Waals surface area contributed by atoms with Crippen molar-refractivity contribution in [3.05, 3.63) is 64.1 Å². The number of benzene rings is 2. The second kappa shape index (κ2) is 5.96. The molecule has 4 aromatic rings. The lowest BCUT2D eigenvalue weighted by molar-refractivity contribution is 0.478. The number of aryl methyl sites for hydroxylation is 1. The number of nitrogens with one attached hydrogen (secondary N) is 2. The van der Waals surface area contributed by atoms with Gasteiger partial charge in [0.1, 0.15) is 5.75 Å². The van der Waals surface area contributed by atoms with Gasteiger partial charge in [0.05, 0.1) is 5.52 Å². The Morgan fingerprint density at radius 1 is 1.26 bits per heavy atom. The van der Waals surface area contributed by atoms with E-state index in [4.69, 9.17) is 0 Å². The van der Waals surface area contributed by atoms with E-state index in [1.54, 1.807) is 10.5 Å². The number of phenols is 1. The maximum absolute atomic E-state index is 12.2. The molecule has 0 atom stereocenters. The summed E-state index contributed by atoms with van der Waals surface area (Å²) < 4.78 is 1.55. The Labute approximate surface area is 155 Å². The maximum atomic E-state index is 12.2. The molecule has 1 aliphatic rings. The molecule has 2 aromatic heterocycles. The standard InChI is InChI=1S/C21H20N4O2/c1-12-7-20-23-24-21(27)25(20)18-9-17(19(26)10-16(12)18)14-4-2-3-13(8-14)11-22-15-5-6-15/h2-4,7-10,15,22,26H,5-6,11H2,1H3,(H,24,27). The van der Waals surface area contributed by atoms with Crippen molar-refractivity contribution >= 4 is 16.6 Å². The van der Waals surface area contributed by atoms with Crippen LogP contribution in [0.25, 0.3) is 27.7 Å². The van der Waals surface area contributed by atoms with E-state index in [0.29, 0.717) is 17.3 Å². The largest absolute Gasteiger partial charge is 0.507 e. The minimum atomic E-state index is -0.283. The SMILES string of the molecule is Cc1cc2n[nH]c(=O)n2c2cc(-c3cccc(CNC4CC4)c3)c(O)cc12. The number of aromatic hydroxyl groups is 1. The number of hydrogen-bond acceptors (Lipinski definition) is 4. The number of aromatic amines is 1. The van der Waals surface area contributed by atoms with Crippen molar-refractivity contribution in [3.8, 4) is 16.9 Å². The minimum Gasteiger partial charge on any atom is -0.507 e. The average molecular weight is 360 g/mol. The highest BCUT2D eigenvalue weighted by Crippen LogP contribution is 2.35. The third-order valence-corrected chi connectivity index (χ3v) is 5.23. The zero-order valence-electron chi connectivity index (χ0n) is 15.0. The highest BCUT2D eigenvalue weighted by molar-refractivity contribution is 5.92. The van der Waals surface area contributed by atoms with Crippen molar-refractivity contribution in [3.63, 3.8) is 0 Å². The smallest absolute Gasteiger partial charge is 0.348 e. The third-order valence-electron chi connectivity index (χ3n) is 5.23. The van der Waals surface area contributed by atoms with E-state index in [2.05, 4.69) is 27.6 Å². The van der Waals surface area contributed by atoms with Crippen molar-refractivity contribution in [2.75, 3.05) is 0 Å². The molecule has 0 amide bonds. The van der Waals surface area contributed by atoms with Crippen LogP contribution in [0.5, 0.6) is 5.75 Å². The molecule has 2 heterocycles. The summed E-state index contributed by atoms with van der Waals surface area (Å²) in [6.45, 7) is 2.77. The Kier molecular flexibility index (Phi) is 3.55. The van der Waals surface area contributed by atoms with E-state index < -0.39 is 0 Å². The van der Waals surface area contributed by atoms with Crippen LogP contribution in [0.1, 0.15) is 24.0 Å². The fourth-order valence-corrected chi connectivity index (χ4v) is 3.62. The van der Waals surface area contributed by atoms with Gasteiger partial charge in [0.15, 0.2) is 5.65 Å². The first kappa shape index (κ1) is 16.1. The summed E-state index contributed by atoms with van der Waals surface area (Å²) in [7, 11) is 0. The Balaban J connectivity index is 1.67. The van der Waals surface area contributed by atoms with Crippen LogP contribution in [-0.4, -0.2) is 25.7 Å². The molecular formula is C21H20N4O2. The molecule has 1 aliphatic carbocycles. The average Bonchev–Trinajstić information content (AvgIpc) is 3.43. The number of nitrogens with zero attached hydrogens (tertiary/aromatic N) is 2. The van der Waals surface area contributed by atoms with Gasteiger partial charge in [-0.05, 0) is 60.7 Å². The number of rotatable bonds is 4. The van der Waals surface area contributed by atoms with Gasteiger partial charge in [-0.3, -0.25) is 0 Å². The lowest BCUT2D eigenvalue weighted by Gasteiger charge is -2.12. The highest BCUT2D eigenvalue weighted by atomic mass is 16.3. The van der Waals surface area contributed by atoms with Crippen LogP contribution in [0.2, 0.25) is 0 Å². The van der Waals surface area contributed by atoms with E-state index in [1.165, 1.54) is 18.4 Å². The molecule has 2 aromatic carbocycles. The quantitative estimate of drug-likeness (QED) is 0.522. The van der Waals surface area contributed by atoms with Crippen LogP contribution < -0.4 is 11.0 Å². The molecule has 1 saturated carbocycles. The number of pyridine rings is 1. The zero-order valence-corrected chi connectivity index (χ0v) is 15.0. The number of hydrogen-bond donors (Lipinski definition) is 3. The predicted octanol–water partition coefficient (Wildman–Crippen LogP) is 3.11. The van der Waals surface area contributed by atoms with Crippen LogP contribution in [0.15, 0.2) is 47.3 Å².